The Hall–Kier alpha value is -5.52. The van der Waals surface area contributed by atoms with Crippen molar-refractivity contribution >= 4 is 51.0 Å². The van der Waals surface area contributed by atoms with Crippen LogP contribution in [0.25, 0.3) is 21.8 Å². The Morgan fingerprint density at radius 1 is 0.959 bits per heavy atom. The number of carboxylic acid groups (broad SMARTS) is 1. The van der Waals surface area contributed by atoms with Crippen molar-refractivity contribution in [3.63, 3.8) is 0 Å². The minimum Gasteiger partial charge on any atom is -0.479 e. The van der Waals surface area contributed by atoms with E-state index in [1.54, 1.807) is 9.36 Å². The molecule has 0 radical (unpaired) electrons. The van der Waals surface area contributed by atoms with Gasteiger partial charge < -0.3 is 31.1 Å². The third-order valence-electron chi connectivity index (χ3n) is 8.20. The average molecular weight is 682 g/mol. The molecule has 0 unspecified atom stereocenters. The Bertz CT molecular complexity index is 2000. The molecule has 2 fully saturated rings. The normalized spacial score (nSPS) is 15.2. The number of halogens is 3. The second-order valence-electron chi connectivity index (χ2n) is 12.0. The molecule has 5 aromatic rings. The highest BCUT2D eigenvalue weighted by molar-refractivity contribution is 6.14. The topological polar surface area (TPSA) is 188 Å². The number of amides is 1. The number of hydrogen-bond acceptors (Lipinski definition) is 11. The fraction of sp³-hybridized carbons (Fsp3) is 0.387. The molecule has 49 heavy (non-hydrogen) atoms. The van der Waals surface area contributed by atoms with Crippen LogP contribution >= 0.6 is 0 Å². The molecule has 5 N–H and O–H groups in total. The van der Waals surface area contributed by atoms with Gasteiger partial charge in [-0.3, -0.25) is 14.2 Å². The molecule has 1 aliphatic heterocycles. The van der Waals surface area contributed by atoms with E-state index in [1.807, 2.05) is 44.7 Å². The van der Waals surface area contributed by atoms with E-state index in [1.165, 1.54) is 19.2 Å². The molecule has 2 aromatic carbocycles. The number of anilines is 3. The number of piperidine rings is 1. The van der Waals surface area contributed by atoms with Gasteiger partial charge in [0.15, 0.2) is 0 Å². The molecule has 0 atom stereocenters. The number of nitrogens with zero attached hydrogens (tertiary/aromatic N) is 8. The molecule has 1 amide bonds. The molecule has 0 bridgehead atoms. The van der Waals surface area contributed by atoms with Crippen LogP contribution in [0.15, 0.2) is 43.0 Å². The number of carboxylic acids is 1. The fourth-order valence-corrected chi connectivity index (χ4v) is 5.81. The van der Waals surface area contributed by atoms with E-state index in [0.29, 0.717) is 29.4 Å². The van der Waals surface area contributed by atoms with Crippen LogP contribution in [0.3, 0.4) is 0 Å². The third-order valence-corrected chi connectivity index (χ3v) is 8.20. The van der Waals surface area contributed by atoms with Crippen LogP contribution in [0.2, 0.25) is 0 Å². The van der Waals surface area contributed by atoms with Crippen molar-refractivity contribution in [1.82, 2.24) is 39.8 Å². The SMILES string of the molecule is Cn1cc2cc(NC(=O)c3ccc(N4CCC(NC5CC5)CC4)c4cn(C)nc34)cc(CNc3ncnc(O)n3)c2n1.O=C(O)C(F)(F)F. The second kappa shape index (κ2) is 13.5. The van der Waals surface area contributed by atoms with Crippen molar-refractivity contribution < 1.29 is 33.0 Å². The molecule has 1 saturated carbocycles. The highest BCUT2D eigenvalue weighted by atomic mass is 19.4. The third kappa shape index (κ3) is 7.97. The van der Waals surface area contributed by atoms with Gasteiger partial charge in [0.1, 0.15) is 11.8 Å². The average Bonchev–Trinajstić information content (AvgIpc) is 3.64. The molecular formula is C31H34F3N11O4. The van der Waals surface area contributed by atoms with Crippen LogP contribution in [0.4, 0.5) is 30.5 Å². The summed E-state index contributed by atoms with van der Waals surface area (Å²) >= 11 is 0. The van der Waals surface area contributed by atoms with Gasteiger partial charge in [0.25, 0.3) is 5.91 Å². The van der Waals surface area contributed by atoms with E-state index in [2.05, 4.69) is 52.1 Å². The number of nitrogens with one attached hydrogen (secondary N) is 3. The van der Waals surface area contributed by atoms with Crippen LogP contribution in [0.5, 0.6) is 6.01 Å². The van der Waals surface area contributed by atoms with Crippen molar-refractivity contribution in [1.29, 1.82) is 0 Å². The van der Waals surface area contributed by atoms with Crippen LogP contribution < -0.4 is 20.9 Å². The molecule has 1 aliphatic carbocycles. The summed E-state index contributed by atoms with van der Waals surface area (Å²) in [6.45, 7) is 2.28. The number of fused-ring (bicyclic) bond motifs is 2. The molecule has 4 heterocycles. The number of aromatic nitrogens is 7. The zero-order chi connectivity index (χ0) is 34.9. The Balaban J connectivity index is 0.000000540. The quantitative estimate of drug-likeness (QED) is 0.160. The van der Waals surface area contributed by atoms with Crippen molar-refractivity contribution in [3.05, 3.63) is 54.1 Å². The number of aliphatic carboxylic acids is 1. The van der Waals surface area contributed by atoms with Gasteiger partial charge in [0, 0.05) is 85.9 Å². The number of carbonyl (C=O) groups excluding carboxylic acids is 1. The van der Waals surface area contributed by atoms with Crippen LogP contribution in [0, 0.1) is 0 Å². The zero-order valence-corrected chi connectivity index (χ0v) is 26.6. The summed E-state index contributed by atoms with van der Waals surface area (Å²) in [5.74, 6) is -2.75. The van der Waals surface area contributed by atoms with Crippen molar-refractivity contribution in [2.24, 2.45) is 14.1 Å². The summed E-state index contributed by atoms with van der Waals surface area (Å²) in [5, 5.41) is 37.8. The van der Waals surface area contributed by atoms with Gasteiger partial charge >= 0.3 is 18.2 Å². The van der Waals surface area contributed by atoms with Gasteiger partial charge in [-0.1, -0.05) is 0 Å². The van der Waals surface area contributed by atoms with Gasteiger partial charge in [-0.25, -0.2) is 9.78 Å². The van der Waals surface area contributed by atoms with Crippen molar-refractivity contribution in [2.45, 2.75) is 50.5 Å². The van der Waals surface area contributed by atoms with Gasteiger partial charge in [-0.15, -0.1) is 0 Å². The van der Waals surface area contributed by atoms with E-state index in [9.17, 15) is 23.1 Å². The summed E-state index contributed by atoms with van der Waals surface area (Å²) in [5.41, 5.74) is 4.58. The number of carbonyl (C=O) groups is 2. The minimum atomic E-state index is -5.08. The number of benzene rings is 2. The molecule has 18 heteroatoms. The van der Waals surface area contributed by atoms with E-state index in [0.717, 1.165) is 59.5 Å². The Kier molecular flexibility index (Phi) is 9.22. The fourth-order valence-electron chi connectivity index (χ4n) is 5.81. The monoisotopic (exact) mass is 681 g/mol. The molecule has 15 nitrogen and oxygen atoms in total. The predicted molar refractivity (Wildman–Crippen MR) is 173 cm³/mol. The number of hydrogen-bond donors (Lipinski definition) is 5. The first-order valence-electron chi connectivity index (χ1n) is 15.5. The van der Waals surface area contributed by atoms with Gasteiger partial charge in [0.05, 0.1) is 11.1 Å². The summed E-state index contributed by atoms with van der Waals surface area (Å²) in [6.07, 6.45) is 4.89. The predicted octanol–water partition coefficient (Wildman–Crippen LogP) is 3.57. The van der Waals surface area contributed by atoms with E-state index in [-0.39, 0.29) is 17.9 Å². The Morgan fingerprint density at radius 2 is 1.63 bits per heavy atom. The lowest BCUT2D eigenvalue weighted by Crippen LogP contribution is -2.43. The lowest BCUT2D eigenvalue weighted by Gasteiger charge is -2.34. The van der Waals surface area contributed by atoms with Crippen LogP contribution in [-0.4, -0.2) is 88.0 Å². The highest BCUT2D eigenvalue weighted by Crippen LogP contribution is 2.32. The van der Waals surface area contributed by atoms with E-state index < -0.39 is 12.1 Å². The smallest absolute Gasteiger partial charge is 0.479 e. The zero-order valence-electron chi connectivity index (χ0n) is 26.6. The summed E-state index contributed by atoms with van der Waals surface area (Å²) in [4.78, 5) is 36.5. The van der Waals surface area contributed by atoms with Gasteiger partial charge in [0.2, 0.25) is 5.95 Å². The first-order valence-corrected chi connectivity index (χ1v) is 15.5. The van der Waals surface area contributed by atoms with Gasteiger partial charge in [-0.05, 0) is 49.9 Å². The van der Waals surface area contributed by atoms with E-state index >= 15 is 0 Å². The minimum absolute atomic E-state index is 0.234. The molecular weight excluding hydrogens is 647 g/mol. The van der Waals surface area contributed by atoms with Crippen LogP contribution in [0.1, 0.15) is 41.6 Å². The molecule has 1 saturated heterocycles. The summed E-state index contributed by atoms with van der Waals surface area (Å²) in [7, 11) is 3.74. The maximum absolute atomic E-state index is 13.7. The first-order chi connectivity index (χ1) is 23.3. The molecule has 0 spiro atoms. The first kappa shape index (κ1) is 33.4. The van der Waals surface area contributed by atoms with Gasteiger partial charge in [-0.2, -0.15) is 33.3 Å². The number of rotatable bonds is 8. The number of alkyl halides is 3. The Morgan fingerprint density at radius 3 is 2.31 bits per heavy atom. The van der Waals surface area contributed by atoms with E-state index in [4.69, 9.17) is 9.90 Å². The Labute approximate surface area is 277 Å². The lowest BCUT2D eigenvalue weighted by atomic mass is 10.0. The van der Waals surface area contributed by atoms with Crippen LogP contribution in [-0.2, 0) is 25.4 Å². The largest absolute Gasteiger partial charge is 0.490 e. The lowest BCUT2D eigenvalue weighted by molar-refractivity contribution is -0.192. The summed E-state index contributed by atoms with van der Waals surface area (Å²) < 4.78 is 35.2. The molecule has 7 rings (SSSR count). The maximum atomic E-state index is 13.7. The molecule has 258 valence electrons. The maximum Gasteiger partial charge on any atom is 0.490 e. The number of aromatic hydroxyl groups is 1. The van der Waals surface area contributed by atoms with Crippen molar-refractivity contribution in [3.8, 4) is 6.01 Å². The second-order valence-corrected chi connectivity index (χ2v) is 12.0. The highest BCUT2D eigenvalue weighted by Gasteiger charge is 2.38. The molecule has 3 aromatic heterocycles. The standard InChI is InChI=1S/C29H33N11O2.C2HF3O2/c1-38-14-18-12-21(11-17(25(18)36-38)13-30-28-31-16-32-29(42)35-28)34-27(41)22-5-6-24(23-15-39(2)37-26(22)23)40-9-7-20(8-10-40)33-19-3-4-19;3-2(4,5)1(6)7/h5-6,11-12,14-16,19-20,33H,3-4,7-10,13H2,1-2H3,(H,34,41)(H2,30,31,32,35,42);(H,6,7). The summed E-state index contributed by atoms with van der Waals surface area (Å²) in [6, 6.07) is 8.67. The number of aryl methyl sites for hydroxylation is 2. The van der Waals surface area contributed by atoms with Crippen molar-refractivity contribution in [2.75, 3.05) is 28.6 Å². The molecule has 2 aliphatic rings.